The molecule has 1 aromatic heterocycles. The number of aromatic amines is 1. The first-order chi connectivity index (χ1) is 16.5. The number of nitrogens with zero attached hydrogens (tertiary/aromatic N) is 2. The molecule has 3 aromatic rings. The summed E-state index contributed by atoms with van der Waals surface area (Å²) in [6.07, 6.45) is 2.20. The molecule has 0 aliphatic carbocycles. The molecule has 2 aliphatic rings. The van der Waals surface area contributed by atoms with E-state index in [1.165, 1.54) is 0 Å². The van der Waals surface area contributed by atoms with Crippen LogP contribution in [0.2, 0.25) is 0 Å². The Morgan fingerprint density at radius 1 is 1.12 bits per heavy atom. The fourth-order valence-corrected chi connectivity index (χ4v) is 4.51. The van der Waals surface area contributed by atoms with Crippen LogP contribution in [0.5, 0.6) is 0 Å². The highest BCUT2D eigenvalue weighted by atomic mass is 16.5. The summed E-state index contributed by atoms with van der Waals surface area (Å²) in [7, 11) is 0. The van der Waals surface area contributed by atoms with Gasteiger partial charge < -0.3 is 25.3 Å². The van der Waals surface area contributed by atoms with Crippen LogP contribution in [-0.2, 0) is 20.7 Å². The molecule has 5 rings (SSSR count). The number of aromatic nitrogens is 1. The van der Waals surface area contributed by atoms with Gasteiger partial charge in [0.05, 0.1) is 13.2 Å². The number of fused-ring (bicyclic) bond motifs is 1. The van der Waals surface area contributed by atoms with Crippen LogP contribution in [0.3, 0.4) is 0 Å². The number of carbonyl (C=O) groups excluding carboxylic acids is 3. The van der Waals surface area contributed by atoms with Crippen LogP contribution < -0.4 is 15.5 Å². The summed E-state index contributed by atoms with van der Waals surface area (Å²) in [5.74, 6) is -0.823. The normalized spacial score (nSPS) is 19.4. The maximum atomic E-state index is 13.0. The number of amides is 4. The van der Waals surface area contributed by atoms with Gasteiger partial charge in [0.15, 0.2) is 0 Å². The standard InChI is InChI=1S/C25H27N5O4/c1-16(23(31)27-18-6-8-19(9-7-18)29-10-12-34-13-11-29)30-24(32)22(28-25(30)33)14-17-15-26-21-5-3-2-4-20(17)21/h2-9,15-16,22,26H,10-14H2,1H3,(H,27,31)(H,28,33)/t16-,22+/m1/s1. The second kappa shape index (κ2) is 9.18. The molecule has 2 atom stereocenters. The molecule has 4 amide bonds. The van der Waals surface area contributed by atoms with Crippen LogP contribution in [0.25, 0.3) is 10.9 Å². The molecule has 2 aromatic carbocycles. The SMILES string of the molecule is C[C@H](C(=O)Nc1ccc(N2CCOCC2)cc1)N1C(=O)N[C@@H](Cc2c[nH]c3ccccc23)C1=O. The Bertz CT molecular complexity index is 1220. The zero-order valence-corrected chi connectivity index (χ0v) is 18.9. The van der Waals surface area contributed by atoms with Crippen LogP contribution >= 0.6 is 0 Å². The number of hydrogen-bond donors (Lipinski definition) is 3. The van der Waals surface area contributed by atoms with Crippen molar-refractivity contribution in [3.63, 3.8) is 0 Å². The number of morpholine rings is 1. The van der Waals surface area contributed by atoms with E-state index in [0.717, 1.165) is 40.1 Å². The number of hydrogen-bond acceptors (Lipinski definition) is 5. The Kier molecular flexibility index (Phi) is 5.93. The van der Waals surface area contributed by atoms with Gasteiger partial charge in [-0.2, -0.15) is 0 Å². The molecule has 0 spiro atoms. The van der Waals surface area contributed by atoms with Crippen molar-refractivity contribution in [3.8, 4) is 0 Å². The highest BCUT2D eigenvalue weighted by molar-refractivity contribution is 6.09. The first-order valence-electron chi connectivity index (χ1n) is 11.4. The number of H-pyrrole nitrogens is 1. The second-order valence-electron chi connectivity index (χ2n) is 8.59. The molecule has 2 aliphatic heterocycles. The molecule has 9 nitrogen and oxygen atoms in total. The molecule has 0 saturated carbocycles. The average Bonchev–Trinajstić information content (AvgIpc) is 3.39. The topological polar surface area (TPSA) is 107 Å². The largest absolute Gasteiger partial charge is 0.378 e. The van der Waals surface area contributed by atoms with Crippen molar-refractivity contribution < 1.29 is 19.1 Å². The van der Waals surface area contributed by atoms with Crippen molar-refractivity contribution in [1.82, 2.24) is 15.2 Å². The van der Waals surface area contributed by atoms with Crippen molar-refractivity contribution in [2.45, 2.75) is 25.4 Å². The van der Waals surface area contributed by atoms with E-state index in [1.807, 2.05) is 54.7 Å². The lowest BCUT2D eigenvalue weighted by Crippen LogP contribution is -2.46. The van der Waals surface area contributed by atoms with Crippen molar-refractivity contribution in [1.29, 1.82) is 0 Å². The highest BCUT2D eigenvalue weighted by Gasteiger charge is 2.43. The van der Waals surface area contributed by atoms with Gasteiger partial charge in [-0.05, 0) is 42.8 Å². The summed E-state index contributed by atoms with van der Waals surface area (Å²) in [5, 5.41) is 6.55. The number of ether oxygens (including phenoxy) is 1. The summed E-state index contributed by atoms with van der Waals surface area (Å²) in [5.41, 5.74) is 3.58. The monoisotopic (exact) mass is 461 g/mol. The van der Waals surface area contributed by atoms with Gasteiger partial charge >= 0.3 is 6.03 Å². The average molecular weight is 462 g/mol. The molecule has 2 fully saturated rings. The van der Waals surface area contributed by atoms with Gasteiger partial charge in [0, 0.05) is 48.0 Å². The van der Waals surface area contributed by atoms with Gasteiger partial charge in [0.25, 0.3) is 5.91 Å². The Balaban J connectivity index is 1.23. The minimum Gasteiger partial charge on any atom is -0.378 e. The zero-order chi connectivity index (χ0) is 23.7. The minimum atomic E-state index is -0.945. The summed E-state index contributed by atoms with van der Waals surface area (Å²) in [6.45, 7) is 4.61. The first-order valence-corrected chi connectivity index (χ1v) is 11.4. The number of imide groups is 1. The third-order valence-electron chi connectivity index (χ3n) is 6.43. The number of benzene rings is 2. The van der Waals surface area contributed by atoms with Gasteiger partial charge in [-0.3, -0.25) is 14.5 Å². The Morgan fingerprint density at radius 3 is 2.62 bits per heavy atom. The summed E-state index contributed by atoms with van der Waals surface area (Å²) >= 11 is 0. The smallest absolute Gasteiger partial charge is 0.325 e. The number of para-hydroxylation sites is 1. The highest BCUT2D eigenvalue weighted by Crippen LogP contribution is 2.23. The molecule has 176 valence electrons. The molecule has 9 heteroatoms. The van der Waals surface area contributed by atoms with E-state index in [9.17, 15) is 14.4 Å². The molecule has 2 saturated heterocycles. The van der Waals surface area contributed by atoms with Gasteiger partial charge in [-0.15, -0.1) is 0 Å². The fourth-order valence-electron chi connectivity index (χ4n) is 4.51. The van der Waals surface area contributed by atoms with Crippen LogP contribution in [0, 0.1) is 0 Å². The van der Waals surface area contributed by atoms with E-state index in [0.29, 0.717) is 25.3 Å². The third kappa shape index (κ3) is 4.22. The summed E-state index contributed by atoms with van der Waals surface area (Å²) in [6, 6.07) is 13.1. The zero-order valence-electron chi connectivity index (χ0n) is 18.9. The molecule has 3 N–H and O–H groups in total. The molecular formula is C25H27N5O4. The lowest BCUT2D eigenvalue weighted by Gasteiger charge is -2.29. The molecule has 3 heterocycles. The quantitative estimate of drug-likeness (QED) is 0.489. The fraction of sp³-hybridized carbons (Fsp3) is 0.320. The van der Waals surface area contributed by atoms with Gasteiger partial charge in [-0.25, -0.2) is 4.79 Å². The van der Waals surface area contributed by atoms with Gasteiger partial charge in [-0.1, -0.05) is 18.2 Å². The van der Waals surface area contributed by atoms with E-state index in [1.54, 1.807) is 6.92 Å². The first kappa shape index (κ1) is 22.0. The van der Waals surface area contributed by atoms with Crippen LogP contribution in [0.15, 0.2) is 54.7 Å². The molecular weight excluding hydrogens is 434 g/mol. The number of carbonyl (C=O) groups is 3. The van der Waals surface area contributed by atoms with Crippen molar-refractivity contribution in [2.24, 2.45) is 0 Å². The van der Waals surface area contributed by atoms with Crippen molar-refractivity contribution >= 4 is 40.1 Å². The Labute approximate surface area is 197 Å². The lowest BCUT2D eigenvalue weighted by atomic mass is 10.0. The maximum Gasteiger partial charge on any atom is 0.325 e. The number of nitrogens with one attached hydrogen (secondary N) is 3. The minimum absolute atomic E-state index is 0.350. The van der Waals surface area contributed by atoms with E-state index in [2.05, 4.69) is 20.5 Å². The Morgan fingerprint density at radius 2 is 1.85 bits per heavy atom. The number of rotatable bonds is 6. The molecule has 0 unspecified atom stereocenters. The predicted octanol–water partition coefficient (Wildman–Crippen LogP) is 2.49. The third-order valence-corrected chi connectivity index (χ3v) is 6.43. The number of urea groups is 1. The van der Waals surface area contributed by atoms with E-state index in [-0.39, 0.29) is 0 Å². The van der Waals surface area contributed by atoms with E-state index in [4.69, 9.17) is 4.74 Å². The van der Waals surface area contributed by atoms with Crippen molar-refractivity contribution in [3.05, 3.63) is 60.3 Å². The Hall–Kier alpha value is -3.85. The summed E-state index contributed by atoms with van der Waals surface area (Å²) < 4.78 is 5.38. The molecule has 0 bridgehead atoms. The molecule has 34 heavy (non-hydrogen) atoms. The van der Waals surface area contributed by atoms with Gasteiger partial charge in [0.1, 0.15) is 12.1 Å². The van der Waals surface area contributed by atoms with E-state index < -0.39 is 29.9 Å². The van der Waals surface area contributed by atoms with Crippen LogP contribution in [-0.4, -0.2) is 66.1 Å². The second-order valence-corrected chi connectivity index (χ2v) is 8.59. The summed E-state index contributed by atoms with van der Waals surface area (Å²) in [4.78, 5) is 44.9. The van der Waals surface area contributed by atoms with Gasteiger partial charge in [0.2, 0.25) is 5.91 Å². The van der Waals surface area contributed by atoms with Crippen molar-refractivity contribution in [2.75, 3.05) is 36.5 Å². The number of anilines is 2. The maximum absolute atomic E-state index is 13.0. The van der Waals surface area contributed by atoms with E-state index >= 15 is 0 Å². The molecule has 0 radical (unpaired) electrons. The van der Waals surface area contributed by atoms with Crippen LogP contribution in [0.1, 0.15) is 12.5 Å². The van der Waals surface area contributed by atoms with Crippen LogP contribution in [0.4, 0.5) is 16.2 Å². The lowest BCUT2D eigenvalue weighted by molar-refractivity contribution is -0.133. The predicted molar refractivity (Wildman–Crippen MR) is 129 cm³/mol.